The van der Waals surface area contributed by atoms with Crippen LogP contribution in [0.2, 0.25) is 0 Å². The number of rotatable bonds is 9. The van der Waals surface area contributed by atoms with Crippen molar-refractivity contribution < 1.29 is 31.4 Å². The van der Waals surface area contributed by atoms with Crippen LogP contribution in [0.25, 0.3) is 11.1 Å². The Balaban J connectivity index is 1.71. The zero-order valence-corrected chi connectivity index (χ0v) is 16.8. The summed E-state index contributed by atoms with van der Waals surface area (Å²) in [5, 5.41) is 0. The van der Waals surface area contributed by atoms with Crippen molar-refractivity contribution in [3.8, 4) is 22.6 Å². The predicted octanol–water partition coefficient (Wildman–Crippen LogP) is 7.86. The van der Waals surface area contributed by atoms with Crippen LogP contribution in [0.1, 0.15) is 17.5 Å². The van der Waals surface area contributed by atoms with Gasteiger partial charge in [-0.25, -0.2) is 4.39 Å². The third-order valence-corrected chi connectivity index (χ3v) is 4.57. The molecule has 32 heavy (non-hydrogen) atoms. The molecule has 0 amide bonds. The van der Waals surface area contributed by atoms with Gasteiger partial charge >= 0.3 is 12.2 Å². The first kappa shape index (κ1) is 23.1. The number of hydrogen-bond donors (Lipinski definition) is 0. The van der Waals surface area contributed by atoms with Crippen LogP contribution in [0.15, 0.2) is 91.7 Å². The second kappa shape index (κ2) is 10.1. The zero-order valence-electron chi connectivity index (χ0n) is 16.8. The van der Waals surface area contributed by atoms with Crippen LogP contribution in [0.5, 0.6) is 11.5 Å². The summed E-state index contributed by atoms with van der Waals surface area (Å²) in [4.78, 5) is 0. The summed E-state index contributed by atoms with van der Waals surface area (Å²) in [7, 11) is 0. The van der Waals surface area contributed by atoms with Crippen molar-refractivity contribution in [3.63, 3.8) is 0 Å². The lowest BCUT2D eigenvalue weighted by Gasteiger charge is -2.19. The van der Waals surface area contributed by atoms with Crippen LogP contribution < -0.4 is 9.47 Å². The standard InChI is InChI=1S/C25H19F5O2/c1-2-3-4-17-5-7-18(8-6-17)19-9-11-20(12-10-19)25(29,30)32-21-13-14-23(22(26)15-21)31-16-24(27)28/h2,5-16H,1,3-4H2. The molecule has 3 rings (SSSR count). The summed E-state index contributed by atoms with van der Waals surface area (Å²) >= 11 is 0. The zero-order chi connectivity index (χ0) is 23.1. The minimum absolute atomic E-state index is 0.0456. The van der Waals surface area contributed by atoms with Gasteiger partial charge < -0.3 is 9.47 Å². The third-order valence-electron chi connectivity index (χ3n) is 4.57. The SMILES string of the molecule is C=CCCc1ccc(-c2ccc(C(F)(F)Oc3ccc(OC=C(F)F)c(F)c3)cc2)cc1. The molecule has 0 unspecified atom stereocenters. The third kappa shape index (κ3) is 5.97. The molecule has 0 heterocycles. The molecular formula is C25H19F5O2. The fraction of sp³-hybridized carbons (Fsp3) is 0.120. The highest BCUT2D eigenvalue weighted by atomic mass is 19.3. The molecule has 7 heteroatoms. The van der Waals surface area contributed by atoms with Crippen molar-refractivity contribution in [2.75, 3.05) is 0 Å². The Hall–Kier alpha value is -3.61. The Labute approximate surface area is 182 Å². The van der Waals surface area contributed by atoms with E-state index in [2.05, 4.69) is 16.1 Å². The second-order valence-electron chi connectivity index (χ2n) is 6.84. The normalized spacial score (nSPS) is 11.0. The lowest BCUT2D eigenvalue weighted by Crippen LogP contribution is -2.21. The van der Waals surface area contributed by atoms with Gasteiger partial charge in [0.1, 0.15) is 5.75 Å². The largest absolute Gasteiger partial charge is 0.456 e. The maximum Gasteiger partial charge on any atom is 0.426 e. The van der Waals surface area contributed by atoms with Crippen LogP contribution in [-0.2, 0) is 12.5 Å². The van der Waals surface area contributed by atoms with Gasteiger partial charge in [0.25, 0.3) is 0 Å². The average molecular weight is 446 g/mol. The summed E-state index contributed by atoms with van der Waals surface area (Å²) in [5.41, 5.74) is 2.35. The van der Waals surface area contributed by atoms with Gasteiger partial charge in [-0.2, -0.15) is 17.6 Å². The highest BCUT2D eigenvalue weighted by molar-refractivity contribution is 5.64. The number of ether oxygens (including phenoxy) is 2. The molecule has 0 N–H and O–H groups in total. The molecule has 0 aliphatic rings. The Morgan fingerprint density at radius 3 is 2.09 bits per heavy atom. The Bertz CT molecular complexity index is 1090. The van der Waals surface area contributed by atoms with Gasteiger partial charge in [-0.15, -0.1) is 6.58 Å². The second-order valence-corrected chi connectivity index (χ2v) is 6.84. The first-order valence-corrected chi connectivity index (χ1v) is 9.63. The highest BCUT2D eigenvalue weighted by Crippen LogP contribution is 2.34. The van der Waals surface area contributed by atoms with Crippen molar-refractivity contribution in [2.45, 2.75) is 19.0 Å². The summed E-state index contributed by atoms with van der Waals surface area (Å²) in [6.07, 6.45) is -2.27. The quantitative estimate of drug-likeness (QED) is 0.189. The monoisotopic (exact) mass is 446 g/mol. The molecule has 0 radical (unpaired) electrons. The molecule has 0 spiro atoms. The number of alkyl halides is 2. The van der Waals surface area contributed by atoms with E-state index in [0.717, 1.165) is 41.7 Å². The Kier molecular flexibility index (Phi) is 7.30. The molecule has 0 saturated heterocycles. The Morgan fingerprint density at radius 2 is 1.53 bits per heavy atom. The molecule has 2 nitrogen and oxygen atoms in total. The van der Waals surface area contributed by atoms with E-state index < -0.39 is 35.1 Å². The number of aryl methyl sites for hydroxylation is 1. The summed E-state index contributed by atoms with van der Waals surface area (Å²) in [6.45, 7) is 3.69. The van der Waals surface area contributed by atoms with Crippen LogP contribution in [0.4, 0.5) is 22.0 Å². The molecule has 0 bridgehead atoms. The number of benzene rings is 3. The molecule has 3 aromatic carbocycles. The molecule has 0 fully saturated rings. The number of allylic oxidation sites excluding steroid dienone is 1. The molecule has 166 valence electrons. The van der Waals surface area contributed by atoms with E-state index in [-0.39, 0.29) is 6.26 Å². The minimum Gasteiger partial charge on any atom is -0.456 e. The van der Waals surface area contributed by atoms with E-state index in [9.17, 15) is 22.0 Å². The van der Waals surface area contributed by atoms with E-state index in [0.29, 0.717) is 6.07 Å². The molecule has 0 aliphatic heterocycles. The van der Waals surface area contributed by atoms with Gasteiger partial charge in [0, 0.05) is 6.07 Å². The molecule has 0 aromatic heterocycles. The molecule has 3 aromatic rings. The first-order valence-electron chi connectivity index (χ1n) is 9.63. The number of hydrogen-bond acceptors (Lipinski definition) is 2. The van der Waals surface area contributed by atoms with Gasteiger partial charge in [-0.1, -0.05) is 42.5 Å². The average Bonchev–Trinajstić information content (AvgIpc) is 2.77. The maximum atomic E-state index is 14.5. The van der Waals surface area contributed by atoms with Gasteiger partial charge in [-0.05, 0) is 53.8 Å². The van der Waals surface area contributed by atoms with E-state index in [1.54, 1.807) is 12.1 Å². The maximum absolute atomic E-state index is 14.5. The summed E-state index contributed by atoms with van der Waals surface area (Å²) in [6, 6.07) is 15.9. The summed E-state index contributed by atoms with van der Waals surface area (Å²) < 4.78 is 76.1. The van der Waals surface area contributed by atoms with Gasteiger partial charge in [0.05, 0.1) is 5.56 Å². The highest BCUT2D eigenvalue weighted by Gasteiger charge is 2.34. The number of halogens is 5. The minimum atomic E-state index is -3.74. The molecule has 0 aliphatic carbocycles. The van der Waals surface area contributed by atoms with Gasteiger partial charge in [0.2, 0.25) is 0 Å². The lowest BCUT2D eigenvalue weighted by atomic mass is 10.0. The van der Waals surface area contributed by atoms with Gasteiger partial charge in [0.15, 0.2) is 17.8 Å². The van der Waals surface area contributed by atoms with Crippen molar-refractivity contribution in [2.24, 2.45) is 0 Å². The van der Waals surface area contributed by atoms with E-state index >= 15 is 0 Å². The lowest BCUT2D eigenvalue weighted by molar-refractivity contribution is -0.185. The summed E-state index contributed by atoms with van der Waals surface area (Å²) in [5.74, 6) is -2.15. The first-order chi connectivity index (χ1) is 15.3. The van der Waals surface area contributed by atoms with Crippen molar-refractivity contribution in [3.05, 3.63) is 109 Å². The fourth-order valence-corrected chi connectivity index (χ4v) is 2.94. The molecule has 0 saturated carbocycles. The van der Waals surface area contributed by atoms with Crippen LogP contribution in [0, 0.1) is 5.82 Å². The van der Waals surface area contributed by atoms with Crippen LogP contribution in [-0.4, -0.2) is 0 Å². The Morgan fingerprint density at radius 1 is 0.906 bits per heavy atom. The predicted molar refractivity (Wildman–Crippen MR) is 112 cm³/mol. The van der Waals surface area contributed by atoms with E-state index in [1.807, 2.05) is 30.3 Å². The van der Waals surface area contributed by atoms with Crippen molar-refractivity contribution >= 4 is 0 Å². The van der Waals surface area contributed by atoms with Crippen molar-refractivity contribution in [1.29, 1.82) is 0 Å². The van der Waals surface area contributed by atoms with Crippen LogP contribution in [0.3, 0.4) is 0 Å². The van der Waals surface area contributed by atoms with E-state index in [1.165, 1.54) is 12.1 Å². The van der Waals surface area contributed by atoms with Crippen LogP contribution >= 0.6 is 0 Å². The van der Waals surface area contributed by atoms with E-state index in [4.69, 9.17) is 0 Å². The smallest absolute Gasteiger partial charge is 0.426 e. The molecule has 0 atom stereocenters. The molecular weight excluding hydrogens is 427 g/mol. The topological polar surface area (TPSA) is 18.5 Å². The van der Waals surface area contributed by atoms with Crippen molar-refractivity contribution in [1.82, 2.24) is 0 Å². The fourth-order valence-electron chi connectivity index (χ4n) is 2.94. The van der Waals surface area contributed by atoms with Gasteiger partial charge in [-0.3, -0.25) is 0 Å².